The lowest BCUT2D eigenvalue weighted by Gasteiger charge is -2.18. The van der Waals surface area contributed by atoms with Gasteiger partial charge in [-0.25, -0.2) is 0 Å². The van der Waals surface area contributed by atoms with Crippen molar-refractivity contribution >= 4 is 5.91 Å². The van der Waals surface area contributed by atoms with Crippen molar-refractivity contribution in [1.82, 2.24) is 15.5 Å². The van der Waals surface area contributed by atoms with Crippen LogP contribution in [0.15, 0.2) is 12.3 Å². The van der Waals surface area contributed by atoms with Crippen LogP contribution in [-0.4, -0.2) is 16.1 Å². The number of carbonyl (C=O) groups excluding carboxylic acids is 1. The van der Waals surface area contributed by atoms with Gasteiger partial charge in [-0.2, -0.15) is 5.10 Å². The van der Waals surface area contributed by atoms with Crippen molar-refractivity contribution in [1.29, 1.82) is 0 Å². The molecule has 2 aromatic rings. The molecule has 4 nitrogen and oxygen atoms in total. The first-order valence-electron chi connectivity index (χ1n) is 6.77. The maximum atomic E-state index is 12.5. The Balaban J connectivity index is 2.30. The lowest BCUT2D eigenvalue weighted by atomic mass is 9.89. The Bertz CT molecular complexity index is 613. The molecule has 0 spiro atoms. The number of benzene rings is 1. The molecule has 0 aliphatic rings. The summed E-state index contributed by atoms with van der Waals surface area (Å²) in [4.78, 5) is 12.5. The van der Waals surface area contributed by atoms with Crippen molar-refractivity contribution in [2.24, 2.45) is 0 Å². The fraction of sp³-hybridized carbons (Fsp3) is 0.375. The van der Waals surface area contributed by atoms with Gasteiger partial charge in [0, 0.05) is 11.8 Å². The third-order valence-corrected chi connectivity index (χ3v) is 4.22. The Kier molecular flexibility index (Phi) is 3.93. The van der Waals surface area contributed by atoms with Crippen LogP contribution in [-0.2, 0) is 6.54 Å². The number of amides is 1. The Hall–Kier alpha value is -2.10. The van der Waals surface area contributed by atoms with Gasteiger partial charge in [0.2, 0.25) is 0 Å². The molecule has 0 aliphatic heterocycles. The highest BCUT2D eigenvalue weighted by molar-refractivity contribution is 5.98. The predicted octanol–water partition coefficient (Wildman–Crippen LogP) is 2.88. The fourth-order valence-corrected chi connectivity index (χ4v) is 2.49. The summed E-state index contributed by atoms with van der Waals surface area (Å²) in [5.74, 6) is -0.0270. The molecular formula is C16H21N3O. The van der Waals surface area contributed by atoms with E-state index in [0.717, 1.165) is 22.4 Å². The summed E-state index contributed by atoms with van der Waals surface area (Å²) in [6.07, 6.45) is 1.68. The molecule has 1 heterocycles. The highest BCUT2D eigenvalue weighted by Crippen LogP contribution is 2.25. The normalized spacial score (nSPS) is 10.7. The highest BCUT2D eigenvalue weighted by Gasteiger charge is 2.17. The van der Waals surface area contributed by atoms with Crippen molar-refractivity contribution < 1.29 is 4.79 Å². The molecule has 20 heavy (non-hydrogen) atoms. The van der Waals surface area contributed by atoms with Gasteiger partial charge < -0.3 is 5.32 Å². The van der Waals surface area contributed by atoms with Crippen LogP contribution in [0.1, 0.15) is 43.9 Å². The van der Waals surface area contributed by atoms with Crippen LogP contribution in [0, 0.1) is 34.6 Å². The van der Waals surface area contributed by atoms with Gasteiger partial charge in [0.1, 0.15) is 0 Å². The summed E-state index contributed by atoms with van der Waals surface area (Å²) in [7, 11) is 0. The van der Waals surface area contributed by atoms with Crippen LogP contribution in [0.4, 0.5) is 0 Å². The van der Waals surface area contributed by atoms with Crippen LogP contribution < -0.4 is 5.32 Å². The minimum Gasteiger partial charge on any atom is -0.346 e. The van der Waals surface area contributed by atoms with Gasteiger partial charge in [-0.1, -0.05) is 0 Å². The van der Waals surface area contributed by atoms with E-state index < -0.39 is 0 Å². The number of carbonyl (C=O) groups is 1. The Labute approximate surface area is 119 Å². The SMILES string of the molecule is Cc1c(C)c(C)c(C(=O)NCc2ccn[nH]2)c(C)c1C. The zero-order chi connectivity index (χ0) is 14.9. The number of H-pyrrole nitrogens is 1. The van der Waals surface area contributed by atoms with Crippen molar-refractivity contribution in [3.05, 3.63) is 51.3 Å². The first-order valence-corrected chi connectivity index (χ1v) is 6.77. The summed E-state index contributed by atoms with van der Waals surface area (Å²) in [5.41, 5.74) is 7.48. The van der Waals surface area contributed by atoms with Gasteiger partial charge in [0.25, 0.3) is 5.91 Å². The van der Waals surface area contributed by atoms with E-state index in [9.17, 15) is 4.79 Å². The molecule has 0 radical (unpaired) electrons. The molecule has 0 fully saturated rings. The molecule has 0 atom stereocenters. The molecule has 0 saturated carbocycles. The second-order valence-corrected chi connectivity index (χ2v) is 5.26. The minimum atomic E-state index is -0.0270. The Morgan fingerprint density at radius 2 is 1.60 bits per heavy atom. The number of aromatic nitrogens is 2. The first kappa shape index (κ1) is 14.3. The third-order valence-electron chi connectivity index (χ3n) is 4.22. The molecule has 1 aromatic carbocycles. The number of nitrogens with zero attached hydrogens (tertiary/aromatic N) is 1. The second kappa shape index (κ2) is 5.49. The Morgan fingerprint density at radius 3 is 2.10 bits per heavy atom. The zero-order valence-corrected chi connectivity index (χ0v) is 12.7. The van der Waals surface area contributed by atoms with Crippen LogP contribution >= 0.6 is 0 Å². The summed E-state index contributed by atoms with van der Waals surface area (Å²) < 4.78 is 0. The van der Waals surface area contributed by atoms with Crippen molar-refractivity contribution in [3.8, 4) is 0 Å². The van der Waals surface area contributed by atoms with Crippen LogP contribution in [0.3, 0.4) is 0 Å². The van der Waals surface area contributed by atoms with E-state index >= 15 is 0 Å². The van der Waals surface area contributed by atoms with Crippen LogP contribution in [0.5, 0.6) is 0 Å². The van der Waals surface area contributed by atoms with Crippen molar-refractivity contribution in [2.45, 2.75) is 41.2 Å². The topological polar surface area (TPSA) is 57.8 Å². The van der Waals surface area contributed by atoms with Gasteiger partial charge in [-0.15, -0.1) is 0 Å². The van der Waals surface area contributed by atoms with Crippen LogP contribution in [0.25, 0.3) is 0 Å². The number of nitrogens with one attached hydrogen (secondary N) is 2. The van der Waals surface area contributed by atoms with Crippen molar-refractivity contribution in [3.63, 3.8) is 0 Å². The quantitative estimate of drug-likeness (QED) is 0.901. The maximum absolute atomic E-state index is 12.5. The number of hydrogen-bond acceptors (Lipinski definition) is 2. The van der Waals surface area contributed by atoms with Gasteiger partial charge in [-0.3, -0.25) is 9.89 Å². The molecule has 2 rings (SSSR count). The number of aromatic amines is 1. The minimum absolute atomic E-state index is 0.0270. The van der Waals surface area contributed by atoms with E-state index in [-0.39, 0.29) is 5.91 Å². The average Bonchev–Trinajstić information content (AvgIpc) is 2.94. The molecule has 2 N–H and O–H groups in total. The lowest BCUT2D eigenvalue weighted by Crippen LogP contribution is -2.25. The summed E-state index contributed by atoms with van der Waals surface area (Å²) in [5, 5.41) is 9.66. The van der Waals surface area contributed by atoms with E-state index in [1.165, 1.54) is 16.7 Å². The molecule has 1 amide bonds. The van der Waals surface area contributed by atoms with E-state index in [2.05, 4.69) is 36.3 Å². The number of hydrogen-bond donors (Lipinski definition) is 2. The van der Waals surface area contributed by atoms with E-state index in [1.54, 1.807) is 6.20 Å². The standard InChI is InChI=1S/C16H21N3O/c1-9-10(2)12(4)15(13(5)11(9)3)16(20)17-8-14-6-7-18-19-14/h6-7H,8H2,1-5H3,(H,17,20)(H,18,19). The molecule has 106 valence electrons. The van der Waals surface area contributed by atoms with Crippen LogP contribution in [0.2, 0.25) is 0 Å². The van der Waals surface area contributed by atoms with Crippen molar-refractivity contribution in [2.75, 3.05) is 0 Å². The highest BCUT2D eigenvalue weighted by atomic mass is 16.1. The molecule has 4 heteroatoms. The smallest absolute Gasteiger partial charge is 0.252 e. The maximum Gasteiger partial charge on any atom is 0.252 e. The van der Waals surface area contributed by atoms with E-state index in [0.29, 0.717) is 6.54 Å². The van der Waals surface area contributed by atoms with E-state index in [1.807, 2.05) is 19.9 Å². The van der Waals surface area contributed by atoms with Gasteiger partial charge in [0.05, 0.1) is 12.2 Å². The third kappa shape index (κ3) is 2.46. The fourth-order valence-electron chi connectivity index (χ4n) is 2.49. The van der Waals surface area contributed by atoms with Gasteiger partial charge in [-0.05, 0) is 68.5 Å². The largest absolute Gasteiger partial charge is 0.346 e. The first-order chi connectivity index (χ1) is 9.43. The lowest BCUT2D eigenvalue weighted by molar-refractivity contribution is 0.0949. The predicted molar refractivity (Wildman–Crippen MR) is 79.9 cm³/mol. The molecular weight excluding hydrogens is 250 g/mol. The zero-order valence-electron chi connectivity index (χ0n) is 12.7. The average molecular weight is 271 g/mol. The number of rotatable bonds is 3. The van der Waals surface area contributed by atoms with E-state index in [4.69, 9.17) is 0 Å². The molecule has 0 bridgehead atoms. The second-order valence-electron chi connectivity index (χ2n) is 5.26. The molecule has 0 aliphatic carbocycles. The monoisotopic (exact) mass is 271 g/mol. The Morgan fingerprint density at radius 1 is 1.05 bits per heavy atom. The summed E-state index contributed by atoms with van der Waals surface area (Å²) >= 11 is 0. The van der Waals surface area contributed by atoms with Gasteiger partial charge in [0.15, 0.2) is 0 Å². The van der Waals surface area contributed by atoms with Gasteiger partial charge >= 0.3 is 0 Å². The summed E-state index contributed by atoms with van der Waals surface area (Å²) in [6.45, 7) is 10.7. The molecule has 0 unspecified atom stereocenters. The molecule has 1 aromatic heterocycles. The summed E-state index contributed by atoms with van der Waals surface area (Å²) in [6, 6.07) is 1.85. The molecule has 0 saturated heterocycles.